The van der Waals surface area contributed by atoms with Crippen molar-refractivity contribution in [1.82, 2.24) is 15.1 Å². The first-order valence-corrected chi connectivity index (χ1v) is 7.47. The molecule has 1 aliphatic rings. The number of ether oxygens (including phenoxy) is 2. The van der Waals surface area contributed by atoms with Crippen LogP contribution in [0.25, 0.3) is 11.6 Å². The number of rotatable bonds is 5. The molecule has 1 unspecified atom stereocenters. The van der Waals surface area contributed by atoms with Crippen molar-refractivity contribution < 1.29 is 18.4 Å². The van der Waals surface area contributed by atoms with E-state index in [0.29, 0.717) is 42.4 Å². The Morgan fingerprint density at radius 3 is 2.86 bits per heavy atom. The predicted molar refractivity (Wildman–Crippen MR) is 77.1 cm³/mol. The van der Waals surface area contributed by atoms with Gasteiger partial charge in [0, 0.05) is 17.9 Å². The van der Waals surface area contributed by atoms with Gasteiger partial charge in [0.05, 0.1) is 13.2 Å². The Balaban J connectivity index is 1.57. The molecule has 2 aromatic heterocycles. The largest absolute Gasteiger partial charge is 0.448 e. The molecule has 1 saturated heterocycles. The van der Waals surface area contributed by atoms with Crippen LogP contribution in [0, 0.1) is 5.92 Å². The van der Waals surface area contributed by atoms with E-state index in [9.17, 15) is 0 Å². The molecule has 1 atom stereocenters. The Bertz CT molecular complexity index is 608. The second kappa shape index (κ2) is 6.18. The van der Waals surface area contributed by atoms with Crippen molar-refractivity contribution in [2.45, 2.75) is 39.2 Å². The Hall–Kier alpha value is -1.73. The van der Waals surface area contributed by atoms with Crippen LogP contribution in [0.5, 0.6) is 0 Å². The molecule has 0 bridgehead atoms. The molecule has 2 aromatic rings. The van der Waals surface area contributed by atoms with Crippen LogP contribution in [0.1, 0.15) is 38.9 Å². The standard InChI is InChI=1S/C15H21N3O4/c1-15(2,3)14-16-11(8-21-14)13-17-12(18-22-13)9-20-7-10-4-5-19-6-10/h8,10H,4-7,9H2,1-3H3. The highest BCUT2D eigenvalue weighted by Crippen LogP contribution is 2.25. The molecule has 0 radical (unpaired) electrons. The number of hydrogen-bond acceptors (Lipinski definition) is 7. The summed E-state index contributed by atoms with van der Waals surface area (Å²) in [5.41, 5.74) is 0.390. The van der Waals surface area contributed by atoms with Crippen LogP contribution >= 0.6 is 0 Å². The SMILES string of the molecule is CC(C)(C)c1nc(-c2nc(COCC3CCOC3)no2)co1. The van der Waals surface area contributed by atoms with E-state index in [0.717, 1.165) is 19.6 Å². The van der Waals surface area contributed by atoms with Crippen molar-refractivity contribution in [1.29, 1.82) is 0 Å². The van der Waals surface area contributed by atoms with Gasteiger partial charge in [0.1, 0.15) is 12.9 Å². The Morgan fingerprint density at radius 1 is 1.32 bits per heavy atom. The van der Waals surface area contributed by atoms with Crippen molar-refractivity contribution in [3.05, 3.63) is 18.0 Å². The maximum absolute atomic E-state index is 5.60. The Labute approximate surface area is 129 Å². The first-order chi connectivity index (χ1) is 10.5. The third kappa shape index (κ3) is 3.53. The molecule has 0 spiro atoms. The summed E-state index contributed by atoms with van der Waals surface area (Å²) in [5, 5.41) is 3.90. The van der Waals surface area contributed by atoms with Gasteiger partial charge in [-0.2, -0.15) is 4.98 Å². The van der Waals surface area contributed by atoms with Gasteiger partial charge in [-0.05, 0) is 6.42 Å². The molecule has 120 valence electrons. The van der Waals surface area contributed by atoms with Crippen molar-refractivity contribution in [3.8, 4) is 11.6 Å². The molecule has 7 nitrogen and oxygen atoms in total. The molecule has 0 N–H and O–H groups in total. The fraction of sp³-hybridized carbons (Fsp3) is 0.667. The second-order valence-corrected chi connectivity index (χ2v) is 6.55. The van der Waals surface area contributed by atoms with Gasteiger partial charge in [-0.3, -0.25) is 0 Å². The second-order valence-electron chi connectivity index (χ2n) is 6.55. The number of hydrogen-bond donors (Lipinski definition) is 0. The fourth-order valence-corrected chi connectivity index (χ4v) is 2.16. The zero-order chi connectivity index (χ0) is 15.6. The average molecular weight is 307 g/mol. The highest BCUT2D eigenvalue weighted by atomic mass is 16.5. The normalized spacial score (nSPS) is 19.0. The van der Waals surface area contributed by atoms with Crippen molar-refractivity contribution in [2.75, 3.05) is 19.8 Å². The van der Waals surface area contributed by atoms with Gasteiger partial charge in [-0.25, -0.2) is 4.98 Å². The third-order valence-corrected chi connectivity index (χ3v) is 3.44. The molecular weight excluding hydrogens is 286 g/mol. The van der Waals surface area contributed by atoms with Crippen molar-refractivity contribution in [3.63, 3.8) is 0 Å². The zero-order valence-corrected chi connectivity index (χ0v) is 13.2. The number of oxazole rings is 1. The van der Waals surface area contributed by atoms with Gasteiger partial charge >= 0.3 is 0 Å². The summed E-state index contributed by atoms with van der Waals surface area (Å²) in [6.07, 6.45) is 2.58. The molecule has 3 rings (SSSR count). The summed E-state index contributed by atoms with van der Waals surface area (Å²) in [6.45, 7) is 8.66. The molecule has 1 fully saturated rings. The summed E-state index contributed by atoms with van der Waals surface area (Å²) >= 11 is 0. The van der Waals surface area contributed by atoms with E-state index in [1.807, 2.05) is 20.8 Å². The first kappa shape index (κ1) is 15.2. The van der Waals surface area contributed by atoms with E-state index in [2.05, 4.69) is 15.1 Å². The Kier molecular flexibility index (Phi) is 4.26. The van der Waals surface area contributed by atoms with Crippen LogP contribution in [0.3, 0.4) is 0 Å². The van der Waals surface area contributed by atoms with Crippen LogP contribution in [-0.4, -0.2) is 34.9 Å². The molecule has 0 aliphatic carbocycles. The summed E-state index contributed by atoms with van der Waals surface area (Å²) in [4.78, 5) is 8.67. The minimum Gasteiger partial charge on any atom is -0.448 e. The van der Waals surface area contributed by atoms with E-state index >= 15 is 0 Å². The topological polar surface area (TPSA) is 83.4 Å². The van der Waals surface area contributed by atoms with Gasteiger partial charge in [0.25, 0.3) is 5.89 Å². The molecular formula is C15H21N3O4. The highest BCUT2D eigenvalue weighted by Gasteiger charge is 2.23. The van der Waals surface area contributed by atoms with Gasteiger partial charge in [0.15, 0.2) is 17.4 Å². The molecule has 0 saturated carbocycles. The monoisotopic (exact) mass is 307 g/mol. The van der Waals surface area contributed by atoms with E-state index in [1.165, 1.54) is 6.26 Å². The van der Waals surface area contributed by atoms with Crippen LogP contribution < -0.4 is 0 Å². The lowest BCUT2D eigenvalue weighted by Gasteiger charge is -2.11. The van der Waals surface area contributed by atoms with Crippen LogP contribution in [0.4, 0.5) is 0 Å². The third-order valence-electron chi connectivity index (χ3n) is 3.44. The van der Waals surface area contributed by atoms with Gasteiger partial charge in [0.2, 0.25) is 0 Å². The quantitative estimate of drug-likeness (QED) is 0.839. The van der Waals surface area contributed by atoms with Crippen LogP contribution in [0.2, 0.25) is 0 Å². The van der Waals surface area contributed by atoms with Gasteiger partial charge < -0.3 is 18.4 Å². The average Bonchev–Trinajstić information content (AvgIpc) is 3.19. The summed E-state index contributed by atoms with van der Waals surface area (Å²) < 4.78 is 21.6. The fourth-order valence-electron chi connectivity index (χ4n) is 2.16. The zero-order valence-electron chi connectivity index (χ0n) is 13.2. The van der Waals surface area contributed by atoms with Gasteiger partial charge in [-0.1, -0.05) is 25.9 Å². The molecule has 1 aliphatic heterocycles. The lowest BCUT2D eigenvalue weighted by atomic mass is 9.97. The minimum absolute atomic E-state index is 0.159. The van der Waals surface area contributed by atoms with Crippen molar-refractivity contribution >= 4 is 0 Å². The number of nitrogens with zero attached hydrogens (tertiary/aromatic N) is 3. The molecule has 22 heavy (non-hydrogen) atoms. The van der Waals surface area contributed by atoms with E-state index in [4.69, 9.17) is 18.4 Å². The highest BCUT2D eigenvalue weighted by molar-refractivity contribution is 5.44. The molecule has 7 heteroatoms. The summed E-state index contributed by atoms with van der Waals surface area (Å²) in [7, 11) is 0. The van der Waals surface area contributed by atoms with E-state index in [1.54, 1.807) is 0 Å². The van der Waals surface area contributed by atoms with Crippen LogP contribution in [0.15, 0.2) is 15.2 Å². The predicted octanol–water partition coefficient (Wildman–Crippen LogP) is 2.58. The number of aromatic nitrogens is 3. The maximum Gasteiger partial charge on any atom is 0.279 e. The molecule has 3 heterocycles. The Morgan fingerprint density at radius 2 is 2.18 bits per heavy atom. The molecule has 0 amide bonds. The van der Waals surface area contributed by atoms with E-state index < -0.39 is 0 Å². The maximum atomic E-state index is 5.60. The van der Waals surface area contributed by atoms with E-state index in [-0.39, 0.29) is 5.41 Å². The lowest BCUT2D eigenvalue weighted by Crippen LogP contribution is -2.11. The smallest absolute Gasteiger partial charge is 0.279 e. The first-order valence-electron chi connectivity index (χ1n) is 7.47. The van der Waals surface area contributed by atoms with Crippen LogP contribution in [-0.2, 0) is 21.5 Å². The van der Waals surface area contributed by atoms with Crippen molar-refractivity contribution in [2.24, 2.45) is 5.92 Å². The molecule has 0 aromatic carbocycles. The van der Waals surface area contributed by atoms with Gasteiger partial charge in [-0.15, -0.1) is 0 Å². The summed E-state index contributed by atoms with van der Waals surface area (Å²) in [5.74, 6) is 1.97. The minimum atomic E-state index is -0.159. The lowest BCUT2D eigenvalue weighted by molar-refractivity contribution is 0.0742. The summed E-state index contributed by atoms with van der Waals surface area (Å²) in [6, 6.07) is 0.